The second kappa shape index (κ2) is 8.53. The van der Waals surface area contributed by atoms with Gasteiger partial charge in [0.25, 0.3) is 0 Å². The number of methoxy groups -OCH3 is 1. The van der Waals surface area contributed by atoms with E-state index < -0.39 is 0 Å². The van der Waals surface area contributed by atoms with Crippen molar-refractivity contribution in [1.82, 2.24) is 10.6 Å². The van der Waals surface area contributed by atoms with Crippen LogP contribution in [0.1, 0.15) is 38.3 Å². The minimum absolute atomic E-state index is 0.0498. The van der Waals surface area contributed by atoms with E-state index in [1.807, 2.05) is 31.2 Å². The largest absolute Gasteiger partial charge is 0.497 e. The molecular formula is C15H24N2O2. The summed E-state index contributed by atoms with van der Waals surface area (Å²) in [5.41, 5.74) is 1.14. The Balaban J connectivity index is 2.33. The van der Waals surface area contributed by atoms with E-state index in [1.165, 1.54) is 0 Å². The molecule has 2 N–H and O–H groups in total. The van der Waals surface area contributed by atoms with Crippen LogP contribution in [0.25, 0.3) is 0 Å². The molecule has 0 radical (unpaired) electrons. The summed E-state index contributed by atoms with van der Waals surface area (Å²) in [4.78, 5) is 11.6. The van der Waals surface area contributed by atoms with Gasteiger partial charge >= 0.3 is 0 Å². The Morgan fingerprint density at radius 1 is 1.32 bits per heavy atom. The fourth-order valence-electron chi connectivity index (χ4n) is 1.72. The van der Waals surface area contributed by atoms with Crippen LogP contribution < -0.4 is 15.4 Å². The minimum atomic E-state index is 0.0498. The number of nitrogens with one attached hydrogen (secondary N) is 2. The van der Waals surface area contributed by atoms with Crippen LogP contribution in [0, 0.1) is 0 Å². The highest BCUT2D eigenvalue weighted by molar-refractivity contribution is 5.77. The van der Waals surface area contributed by atoms with Crippen LogP contribution in [0.3, 0.4) is 0 Å². The molecule has 1 rings (SSSR count). The fraction of sp³-hybridized carbons (Fsp3) is 0.533. The standard InChI is InChI=1S/C15H24N2O2/c1-4-5-10-16-15(18)11-17-12(2)13-6-8-14(19-3)9-7-13/h6-9,12,17H,4-5,10-11H2,1-3H3,(H,16,18)/t12-/m1/s1. The third-order valence-corrected chi connectivity index (χ3v) is 3.04. The van der Waals surface area contributed by atoms with Gasteiger partial charge in [0.15, 0.2) is 0 Å². The van der Waals surface area contributed by atoms with Crippen LogP contribution in [0.4, 0.5) is 0 Å². The number of hydrogen-bond donors (Lipinski definition) is 2. The molecule has 4 nitrogen and oxygen atoms in total. The number of carbonyl (C=O) groups is 1. The van der Waals surface area contributed by atoms with E-state index in [0.717, 1.165) is 30.7 Å². The van der Waals surface area contributed by atoms with Gasteiger partial charge in [-0.3, -0.25) is 4.79 Å². The highest BCUT2D eigenvalue weighted by Gasteiger charge is 2.07. The van der Waals surface area contributed by atoms with Crippen LogP contribution in [0.2, 0.25) is 0 Å². The monoisotopic (exact) mass is 264 g/mol. The maximum absolute atomic E-state index is 11.6. The zero-order valence-electron chi connectivity index (χ0n) is 12.0. The number of rotatable bonds is 8. The summed E-state index contributed by atoms with van der Waals surface area (Å²) in [5.74, 6) is 0.891. The van der Waals surface area contributed by atoms with Gasteiger partial charge in [0.05, 0.1) is 13.7 Å². The first kappa shape index (κ1) is 15.5. The van der Waals surface area contributed by atoms with Crippen LogP contribution in [-0.4, -0.2) is 26.1 Å². The lowest BCUT2D eigenvalue weighted by Crippen LogP contribution is -2.35. The van der Waals surface area contributed by atoms with E-state index in [-0.39, 0.29) is 11.9 Å². The molecule has 0 aromatic heterocycles. The summed E-state index contributed by atoms with van der Waals surface area (Å²) in [6.07, 6.45) is 2.12. The Hall–Kier alpha value is -1.55. The lowest BCUT2D eigenvalue weighted by molar-refractivity contribution is -0.120. The topological polar surface area (TPSA) is 50.4 Å². The molecule has 0 unspecified atom stereocenters. The number of hydrogen-bond acceptors (Lipinski definition) is 3. The van der Waals surface area contributed by atoms with E-state index in [0.29, 0.717) is 6.54 Å². The number of benzene rings is 1. The Morgan fingerprint density at radius 3 is 2.58 bits per heavy atom. The highest BCUT2D eigenvalue weighted by atomic mass is 16.5. The predicted octanol–water partition coefficient (Wildman–Crippen LogP) is 2.26. The van der Waals surface area contributed by atoms with Crippen molar-refractivity contribution < 1.29 is 9.53 Å². The lowest BCUT2D eigenvalue weighted by atomic mass is 10.1. The summed E-state index contributed by atoms with van der Waals surface area (Å²) in [6.45, 7) is 5.25. The molecule has 0 saturated heterocycles. The van der Waals surface area contributed by atoms with Crippen molar-refractivity contribution in [1.29, 1.82) is 0 Å². The van der Waals surface area contributed by atoms with E-state index in [1.54, 1.807) is 7.11 Å². The maximum atomic E-state index is 11.6. The number of ether oxygens (including phenoxy) is 1. The molecule has 0 aliphatic heterocycles. The molecule has 1 atom stereocenters. The van der Waals surface area contributed by atoms with Crippen LogP contribution in [0.5, 0.6) is 5.75 Å². The summed E-state index contributed by atoms with van der Waals surface area (Å²) in [5, 5.41) is 6.10. The summed E-state index contributed by atoms with van der Waals surface area (Å²) < 4.78 is 5.12. The summed E-state index contributed by atoms with van der Waals surface area (Å²) in [6, 6.07) is 8.00. The van der Waals surface area contributed by atoms with Crippen molar-refractivity contribution in [3.8, 4) is 5.75 Å². The van der Waals surface area contributed by atoms with Gasteiger partial charge in [-0.2, -0.15) is 0 Å². The molecule has 106 valence electrons. The molecule has 4 heteroatoms. The Bertz CT molecular complexity index is 376. The Morgan fingerprint density at radius 2 is 2.00 bits per heavy atom. The van der Waals surface area contributed by atoms with Gasteiger partial charge in [0, 0.05) is 12.6 Å². The first-order valence-electron chi connectivity index (χ1n) is 6.81. The molecule has 0 heterocycles. The second-order valence-corrected chi connectivity index (χ2v) is 4.58. The molecule has 19 heavy (non-hydrogen) atoms. The highest BCUT2D eigenvalue weighted by Crippen LogP contribution is 2.16. The summed E-state index contributed by atoms with van der Waals surface area (Å²) in [7, 11) is 1.65. The smallest absolute Gasteiger partial charge is 0.233 e. The first-order chi connectivity index (χ1) is 9.17. The maximum Gasteiger partial charge on any atom is 0.233 e. The third-order valence-electron chi connectivity index (χ3n) is 3.04. The Labute approximate surface area is 115 Å². The van der Waals surface area contributed by atoms with Gasteiger partial charge in [-0.25, -0.2) is 0 Å². The Kier molecular flexibility index (Phi) is 6.97. The van der Waals surface area contributed by atoms with Gasteiger partial charge < -0.3 is 15.4 Å². The zero-order chi connectivity index (χ0) is 14.1. The van der Waals surface area contributed by atoms with Gasteiger partial charge in [0.2, 0.25) is 5.91 Å². The molecule has 0 spiro atoms. The van der Waals surface area contributed by atoms with Crippen LogP contribution in [-0.2, 0) is 4.79 Å². The lowest BCUT2D eigenvalue weighted by Gasteiger charge is -2.14. The van der Waals surface area contributed by atoms with Gasteiger partial charge in [-0.05, 0) is 31.0 Å². The minimum Gasteiger partial charge on any atom is -0.497 e. The molecule has 1 aromatic carbocycles. The van der Waals surface area contributed by atoms with Crippen molar-refractivity contribution in [2.75, 3.05) is 20.2 Å². The molecular weight excluding hydrogens is 240 g/mol. The van der Waals surface area contributed by atoms with Crippen molar-refractivity contribution in [3.63, 3.8) is 0 Å². The van der Waals surface area contributed by atoms with E-state index >= 15 is 0 Å². The van der Waals surface area contributed by atoms with Gasteiger partial charge in [-0.15, -0.1) is 0 Å². The molecule has 0 aliphatic carbocycles. The molecule has 0 fully saturated rings. The summed E-state index contributed by atoms with van der Waals surface area (Å²) >= 11 is 0. The van der Waals surface area contributed by atoms with Crippen molar-refractivity contribution in [2.45, 2.75) is 32.7 Å². The SMILES string of the molecule is CCCCNC(=O)CN[C@H](C)c1ccc(OC)cc1. The van der Waals surface area contributed by atoms with E-state index in [9.17, 15) is 4.79 Å². The van der Waals surface area contributed by atoms with Gasteiger partial charge in [0.1, 0.15) is 5.75 Å². The molecule has 1 amide bonds. The third kappa shape index (κ3) is 5.75. The molecule has 0 aliphatic rings. The second-order valence-electron chi connectivity index (χ2n) is 4.58. The van der Waals surface area contributed by atoms with Gasteiger partial charge in [-0.1, -0.05) is 25.5 Å². The van der Waals surface area contributed by atoms with Crippen molar-refractivity contribution >= 4 is 5.91 Å². The fourth-order valence-corrected chi connectivity index (χ4v) is 1.72. The number of amides is 1. The quantitative estimate of drug-likeness (QED) is 0.708. The average molecular weight is 264 g/mol. The normalized spacial score (nSPS) is 11.9. The molecule has 0 saturated carbocycles. The van der Waals surface area contributed by atoms with Crippen LogP contribution >= 0.6 is 0 Å². The van der Waals surface area contributed by atoms with E-state index in [2.05, 4.69) is 17.6 Å². The van der Waals surface area contributed by atoms with Crippen molar-refractivity contribution in [3.05, 3.63) is 29.8 Å². The average Bonchev–Trinajstić information content (AvgIpc) is 2.45. The van der Waals surface area contributed by atoms with E-state index in [4.69, 9.17) is 4.74 Å². The number of carbonyl (C=O) groups excluding carboxylic acids is 1. The number of unbranched alkanes of at least 4 members (excludes halogenated alkanes) is 1. The first-order valence-corrected chi connectivity index (χ1v) is 6.81. The molecule has 1 aromatic rings. The van der Waals surface area contributed by atoms with Crippen LogP contribution in [0.15, 0.2) is 24.3 Å². The molecule has 0 bridgehead atoms. The predicted molar refractivity (Wildman–Crippen MR) is 77.3 cm³/mol. The zero-order valence-corrected chi connectivity index (χ0v) is 12.0. The van der Waals surface area contributed by atoms with Crippen molar-refractivity contribution in [2.24, 2.45) is 0 Å².